The van der Waals surface area contributed by atoms with Crippen molar-refractivity contribution in [3.63, 3.8) is 0 Å². The van der Waals surface area contributed by atoms with Crippen LogP contribution in [0, 0.1) is 0 Å². The molecule has 0 spiro atoms. The number of nitrogens with zero attached hydrogens (tertiary/aromatic N) is 2. The molecule has 0 amide bonds. The second kappa shape index (κ2) is 7.07. The molecule has 0 saturated carbocycles. The lowest BCUT2D eigenvalue weighted by molar-refractivity contribution is 0.296. The molecule has 0 unspecified atom stereocenters. The van der Waals surface area contributed by atoms with Gasteiger partial charge in [0.25, 0.3) is 0 Å². The Labute approximate surface area is 121 Å². The fourth-order valence-corrected chi connectivity index (χ4v) is 3.66. The number of rotatable bonds is 7. The summed E-state index contributed by atoms with van der Waals surface area (Å²) in [6.45, 7) is 5.24. The topological polar surface area (TPSA) is 58.0 Å². The molecule has 6 heteroatoms. The van der Waals surface area contributed by atoms with Crippen LogP contribution in [0.4, 0.5) is 5.95 Å². The van der Waals surface area contributed by atoms with Crippen LogP contribution in [-0.2, 0) is 6.42 Å². The molecule has 19 heavy (non-hydrogen) atoms. The van der Waals surface area contributed by atoms with E-state index in [4.69, 9.17) is 5.11 Å². The maximum absolute atomic E-state index is 8.88. The summed E-state index contributed by atoms with van der Waals surface area (Å²) in [5.41, 5.74) is 0. The Morgan fingerprint density at radius 3 is 2.89 bits per heavy atom. The van der Waals surface area contributed by atoms with E-state index >= 15 is 0 Å². The molecule has 4 nitrogen and oxygen atoms in total. The predicted octanol–water partition coefficient (Wildman–Crippen LogP) is 3.16. The number of hydrogen-bond acceptors (Lipinski definition) is 6. The first-order valence-corrected chi connectivity index (χ1v) is 8.36. The highest BCUT2D eigenvalue weighted by molar-refractivity contribution is 7.99. The van der Waals surface area contributed by atoms with Crippen molar-refractivity contribution in [2.24, 2.45) is 0 Å². The molecule has 2 aromatic rings. The Hall–Kier alpha value is -0.850. The van der Waals surface area contributed by atoms with Gasteiger partial charge >= 0.3 is 0 Å². The second-order valence-electron chi connectivity index (χ2n) is 4.09. The number of aliphatic hydroxyl groups excluding tert-OH is 1. The number of aliphatic hydroxyl groups is 1. The van der Waals surface area contributed by atoms with Crippen LogP contribution in [0.1, 0.15) is 25.1 Å². The van der Waals surface area contributed by atoms with E-state index < -0.39 is 0 Å². The van der Waals surface area contributed by atoms with E-state index in [0.717, 1.165) is 40.4 Å². The maximum atomic E-state index is 8.88. The Morgan fingerprint density at radius 2 is 2.21 bits per heavy atom. The first-order chi connectivity index (χ1) is 9.28. The predicted molar refractivity (Wildman–Crippen MR) is 83.4 cm³/mol. The highest BCUT2D eigenvalue weighted by Crippen LogP contribution is 2.32. The van der Waals surface area contributed by atoms with Crippen LogP contribution in [0.3, 0.4) is 0 Å². The van der Waals surface area contributed by atoms with Gasteiger partial charge in [-0.3, -0.25) is 0 Å². The van der Waals surface area contributed by atoms with Gasteiger partial charge in [-0.1, -0.05) is 6.92 Å². The number of nitrogens with one attached hydrogen (secondary N) is 1. The summed E-state index contributed by atoms with van der Waals surface area (Å²) in [5.74, 6) is 1.58. The third-order valence-electron chi connectivity index (χ3n) is 2.63. The molecule has 2 rings (SSSR count). The van der Waals surface area contributed by atoms with E-state index in [-0.39, 0.29) is 6.61 Å². The van der Waals surface area contributed by atoms with Gasteiger partial charge in [0.05, 0.1) is 0 Å². The van der Waals surface area contributed by atoms with E-state index in [1.54, 1.807) is 23.1 Å². The minimum absolute atomic E-state index is 0.227. The standard InChI is InChI=1S/C13H19N3OS2/c1-3-9-8-10-11(18-7-5-6-17)15-13(14-4-2)16-12(10)19-9/h8,17H,3-7H2,1-2H3,(H,14,15,16). The monoisotopic (exact) mass is 297 g/mol. The van der Waals surface area contributed by atoms with E-state index in [0.29, 0.717) is 5.95 Å². The van der Waals surface area contributed by atoms with Gasteiger partial charge in [0.2, 0.25) is 5.95 Å². The Kier molecular flexibility index (Phi) is 5.42. The highest BCUT2D eigenvalue weighted by Gasteiger charge is 2.11. The Bertz CT molecular complexity index is 542. The molecule has 2 aromatic heterocycles. The summed E-state index contributed by atoms with van der Waals surface area (Å²) >= 11 is 3.43. The van der Waals surface area contributed by atoms with Crippen molar-refractivity contribution in [3.8, 4) is 0 Å². The highest BCUT2D eigenvalue weighted by atomic mass is 32.2. The summed E-state index contributed by atoms with van der Waals surface area (Å²) in [5, 5.41) is 14.2. The summed E-state index contributed by atoms with van der Waals surface area (Å²) in [7, 11) is 0. The van der Waals surface area contributed by atoms with Gasteiger partial charge < -0.3 is 10.4 Å². The van der Waals surface area contributed by atoms with Crippen molar-refractivity contribution in [3.05, 3.63) is 10.9 Å². The molecule has 0 aliphatic carbocycles. The van der Waals surface area contributed by atoms with Gasteiger partial charge in [-0.2, -0.15) is 0 Å². The van der Waals surface area contributed by atoms with Crippen molar-refractivity contribution < 1.29 is 5.11 Å². The number of anilines is 1. The van der Waals surface area contributed by atoms with Crippen LogP contribution < -0.4 is 5.32 Å². The van der Waals surface area contributed by atoms with Crippen LogP contribution in [0.25, 0.3) is 10.2 Å². The van der Waals surface area contributed by atoms with Gasteiger partial charge in [-0.05, 0) is 25.8 Å². The third kappa shape index (κ3) is 3.58. The second-order valence-corrected chi connectivity index (χ2v) is 6.29. The minimum Gasteiger partial charge on any atom is -0.396 e. The van der Waals surface area contributed by atoms with Crippen LogP contribution in [0.5, 0.6) is 0 Å². The zero-order valence-corrected chi connectivity index (χ0v) is 12.9. The molecule has 0 radical (unpaired) electrons. The van der Waals surface area contributed by atoms with Gasteiger partial charge in [0.1, 0.15) is 9.86 Å². The van der Waals surface area contributed by atoms with E-state index in [9.17, 15) is 0 Å². The molecular formula is C13H19N3OS2. The quantitative estimate of drug-likeness (QED) is 0.467. The first kappa shape index (κ1) is 14.6. The van der Waals surface area contributed by atoms with Crippen molar-refractivity contribution in [2.75, 3.05) is 24.2 Å². The van der Waals surface area contributed by atoms with Crippen molar-refractivity contribution in [2.45, 2.75) is 31.7 Å². The van der Waals surface area contributed by atoms with Gasteiger partial charge in [-0.25, -0.2) is 9.97 Å². The zero-order chi connectivity index (χ0) is 13.7. The summed E-state index contributed by atoms with van der Waals surface area (Å²) in [6.07, 6.45) is 1.82. The number of fused-ring (bicyclic) bond motifs is 1. The Morgan fingerprint density at radius 1 is 1.37 bits per heavy atom. The molecule has 0 aliphatic rings. The molecule has 2 heterocycles. The Balaban J connectivity index is 2.35. The molecule has 0 aliphatic heterocycles. The summed E-state index contributed by atoms with van der Waals surface area (Å²) in [6, 6.07) is 2.19. The summed E-state index contributed by atoms with van der Waals surface area (Å²) < 4.78 is 0. The van der Waals surface area contributed by atoms with Gasteiger partial charge in [-0.15, -0.1) is 23.1 Å². The number of hydrogen-bond donors (Lipinski definition) is 2. The molecule has 2 N–H and O–H groups in total. The lowest BCUT2D eigenvalue weighted by Gasteiger charge is -2.05. The zero-order valence-electron chi connectivity index (χ0n) is 11.3. The van der Waals surface area contributed by atoms with Crippen LogP contribution in [0.2, 0.25) is 0 Å². The fourth-order valence-electron chi connectivity index (χ4n) is 1.70. The van der Waals surface area contributed by atoms with Crippen LogP contribution >= 0.6 is 23.1 Å². The lowest BCUT2D eigenvalue weighted by Crippen LogP contribution is -2.02. The van der Waals surface area contributed by atoms with E-state index in [2.05, 4.69) is 28.3 Å². The normalized spacial score (nSPS) is 11.1. The van der Waals surface area contributed by atoms with Crippen LogP contribution in [-0.4, -0.2) is 34.0 Å². The first-order valence-electron chi connectivity index (χ1n) is 6.56. The average molecular weight is 297 g/mol. The van der Waals surface area contributed by atoms with Crippen molar-refractivity contribution >= 4 is 39.3 Å². The molecule has 104 valence electrons. The number of thioether (sulfide) groups is 1. The van der Waals surface area contributed by atoms with Gasteiger partial charge in [0, 0.05) is 29.2 Å². The van der Waals surface area contributed by atoms with E-state index in [1.165, 1.54) is 4.88 Å². The third-order valence-corrected chi connectivity index (χ3v) is 4.88. The smallest absolute Gasteiger partial charge is 0.225 e. The summed E-state index contributed by atoms with van der Waals surface area (Å²) in [4.78, 5) is 11.5. The average Bonchev–Trinajstić information content (AvgIpc) is 2.82. The SMILES string of the molecule is CCNc1nc(SCCCO)c2cc(CC)sc2n1. The fraction of sp³-hybridized carbons (Fsp3) is 0.538. The number of thiophene rings is 1. The number of aryl methyl sites for hydroxylation is 1. The molecule has 0 fully saturated rings. The maximum Gasteiger partial charge on any atom is 0.225 e. The molecule has 0 bridgehead atoms. The van der Waals surface area contributed by atoms with Crippen molar-refractivity contribution in [1.29, 1.82) is 0 Å². The molecule has 0 aromatic carbocycles. The lowest BCUT2D eigenvalue weighted by atomic mass is 10.3. The van der Waals surface area contributed by atoms with E-state index in [1.807, 2.05) is 6.92 Å². The number of aromatic nitrogens is 2. The minimum atomic E-state index is 0.227. The van der Waals surface area contributed by atoms with Crippen LogP contribution in [0.15, 0.2) is 11.1 Å². The largest absolute Gasteiger partial charge is 0.396 e. The van der Waals surface area contributed by atoms with Crippen molar-refractivity contribution in [1.82, 2.24) is 9.97 Å². The molecular weight excluding hydrogens is 278 g/mol. The van der Waals surface area contributed by atoms with Gasteiger partial charge in [0.15, 0.2) is 0 Å². The molecule has 0 atom stereocenters. The molecule has 0 saturated heterocycles.